The van der Waals surface area contributed by atoms with E-state index in [1.165, 1.54) is 31.9 Å². The summed E-state index contributed by atoms with van der Waals surface area (Å²) in [6.07, 6.45) is 8.63. The molecule has 0 radical (unpaired) electrons. The average molecular weight is 280 g/mol. The predicted octanol–water partition coefficient (Wildman–Crippen LogP) is 1.85. The van der Waals surface area contributed by atoms with Gasteiger partial charge in [-0.15, -0.1) is 0 Å². The minimum absolute atomic E-state index is 0.288. The first-order chi connectivity index (χ1) is 9.06. The number of nitrogens with zero attached hydrogens (tertiary/aromatic N) is 1. The molecule has 0 spiro atoms. The normalized spacial score (nSPS) is 17.3. The van der Waals surface area contributed by atoms with Gasteiger partial charge in [-0.1, -0.05) is 12.8 Å². The first-order valence-electron chi connectivity index (χ1n) is 6.41. The summed E-state index contributed by atoms with van der Waals surface area (Å²) < 4.78 is 0.288. The van der Waals surface area contributed by atoms with Gasteiger partial charge in [0.1, 0.15) is 5.82 Å². The van der Waals surface area contributed by atoms with E-state index in [4.69, 9.17) is 11.5 Å². The Morgan fingerprint density at radius 2 is 2.21 bits per heavy atom. The third kappa shape index (κ3) is 3.12. The maximum atomic E-state index is 11.2. The second kappa shape index (κ2) is 5.69. The number of rotatable bonds is 5. The van der Waals surface area contributed by atoms with Crippen molar-refractivity contribution in [2.75, 3.05) is 23.9 Å². The van der Waals surface area contributed by atoms with Crippen LogP contribution < -0.4 is 16.8 Å². The molecule has 0 unspecified atom stereocenters. The second-order valence-electron chi connectivity index (χ2n) is 4.97. The lowest BCUT2D eigenvalue weighted by molar-refractivity contribution is 0.100. The standard InChI is InChI=1S/C13H20N4OS/c1-19-13(4-2-3-5-13)8-17-11-6-9(12(15)18)10(14)7-16-11/h6-7H,2-5,8,14H2,1H3,(H2,15,18)(H,16,17). The van der Waals surface area contributed by atoms with E-state index in [9.17, 15) is 4.79 Å². The van der Waals surface area contributed by atoms with E-state index in [-0.39, 0.29) is 4.75 Å². The van der Waals surface area contributed by atoms with Crippen molar-refractivity contribution < 1.29 is 4.79 Å². The summed E-state index contributed by atoms with van der Waals surface area (Å²) in [5, 5.41) is 3.31. The molecule has 1 heterocycles. The molecule has 2 rings (SSSR count). The summed E-state index contributed by atoms with van der Waals surface area (Å²) >= 11 is 1.91. The van der Waals surface area contributed by atoms with E-state index in [1.807, 2.05) is 11.8 Å². The van der Waals surface area contributed by atoms with Crippen LogP contribution in [0.1, 0.15) is 36.0 Å². The lowest BCUT2D eigenvalue weighted by Gasteiger charge is -2.27. The lowest BCUT2D eigenvalue weighted by Crippen LogP contribution is -2.30. The summed E-state index contributed by atoms with van der Waals surface area (Å²) in [5.74, 6) is 0.131. The van der Waals surface area contributed by atoms with E-state index < -0.39 is 5.91 Å². The highest BCUT2D eigenvalue weighted by molar-refractivity contribution is 8.00. The molecule has 1 aliphatic rings. The molecule has 5 N–H and O–H groups in total. The van der Waals surface area contributed by atoms with Crippen LogP contribution in [0.25, 0.3) is 0 Å². The molecule has 0 atom stereocenters. The number of thioether (sulfide) groups is 1. The van der Waals surface area contributed by atoms with Crippen molar-refractivity contribution in [1.82, 2.24) is 4.98 Å². The van der Waals surface area contributed by atoms with Crippen LogP contribution in [0.4, 0.5) is 11.5 Å². The number of amides is 1. The van der Waals surface area contributed by atoms with E-state index in [0.29, 0.717) is 17.1 Å². The molecule has 0 aliphatic heterocycles. The third-order valence-electron chi connectivity index (χ3n) is 3.74. The minimum atomic E-state index is -0.525. The predicted molar refractivity (Wildman–Crippen MR) is 80.4 cm³/mol. The van der Waals surface area contributed by atoms with Crippen LogP contribution in [0, 0.1) is 0 Å². The van der Waals surface area contributed by atoms with Gasteiger partial charge < -0.3 is 16.8 Å². The Morgan fingerprint density at radius 3 is 2.79 bits per heavy atom. The van der Waals surface area contributed by atoms with Gasteiger partial charge >= 0.3 is 0 Å². The summed E-state index contributed by atoms with van der Waals surface area (Å²) in [6.45, 7) is 0.850. The molecule has 6 heteroatoms. The zero-order chi connectivity index (χ0) is 13.9. The molecule has 1 saturated carbocycles. The summed E-state index contributed by atoms with van der Waals surface area (Å²) in [6, 6.07) is 1.63. The number of hydrogen-bond donors (Lipinski definition) is 3. The van der Waals surface area contributed by atoms with E-state index in [2.05, 4.69) is 16.6 Å². The molecule has 1 aromatic rings. The average Bonchev–Trinajstić information content (AvgIpc) is 2.87. The zero-order valence-corrected chi connectivity index (χ0v) is 11.9. The monoisotopic (exact) mass is 280 g/mol. The van der Waals surface area contributed by atoms with Crippen LogP contribution in [0.15, 0.2) is 12.3 Å². The fourth-order valence-electron chi connectivity index (χ4n) is 2.50. The Morgan fingerprint density at radius 1 is 1.53 bits per heavy atom. The number of hydrogen-bond acceptors (Lipinski definition) is 5. The van der Waals surface area contributed by atoms with Gasteiger partial charge in [0.05, 0.1) is 17.4 Å². The number of carbonyl (C=O) groups excluding carboxylic acids is 1. The summed E-state index contributed by atoms with van der Waals surface area (Å²) in [5.41, 5.74) is 11.6. The number of anilines is 2. The molecule has 0 aromatic carbocycles. The van der Waals surface area contributed by atoms with Gasteiger partial charge in [-0.05, 0) is 25.2 Å². The first kappa shape index (κ1) is 14.0. The number of nitrogen functional groups attached to an aromatic ring is 1. The highest BCUT2D eigenvalue weighted by Gasteiger charge is 2.32. The van der Waals surface area contributed by atoms with Crippen molar-refractivity contribution in [2.24, 2.45) is 5.73 Å². The molecule has 5 nitrogen and oxygen atoms in total. The molecular weight excluding hydrogens is 260 g/mol. The van der Waals surface area contributed by atoms with Crippen molar-refractivity contribution in [3.8, 4) is 0 Å². The Labute approximate surface area is 117 Å². The van der Waals surface area contributed by atoms with Crippen LogP contribution in [-0.4, -0.2) is 28.4 Å². The Kier molecular flexibility index (Phi) is 4.19. The SMILES string of the molecule is CSC1(CNc2cc(C(N)=O)c(N)cn2)CCCC1. The van der Waals surface area contributed by atoms with Crippen molar-refractivity contribution in [3.63, 3.8) is 0 Å². The summed E-state index contributed by atoms with van der Waals surface area (Å²) in [7, 11) is 0. The van der Waals surface area contributed by atoms with Gasteiger partial charge in [0.25, 0.3) is 5.91 Å². The smallest absolute Gasteiger partial charge is 0.250 e. The fraction of sp³-hybridized carbons (Fsp3) is 0.538. The van der Waals surface area contributed by atoms with Gasteiger partial charge in [0, 0.05) is 11.3 Å². The Bertz CT molecular complexity index is 472. The van der Waals surface area contributed by atoms with Gasteiger partial charge in [-0.3, -0.25) is 4.79 Å². The molecule has 1 amide bonds. The van der Waals surface area contributed by atoms with E-state index >= 15 is 0 Å². The summed E-state index contributed by atoms with van der Waals surface area (Å²) in [4.78, 5) is 15.4. The zero-order valence-electron chi connectivity index (χ0n) is 11.1. The van der Waals surface area contributed by atoms with Crippen LogP contribution in [0.3, 0.4) is 0 Å². The van der Waals surface area contributed by atoms with Gasteiger partial charge in [0.15, 0.2) is 0 Å². The lowest BCUT2D eigenvalue weighted by atomic mass is 10.1. The first-order valence-corrected chi connectivity index (χ1v) is 7.63. The van der Waals surface area contributed by atoms with Gasteiger partial charge in [-0.25, -0.2) is 4.98 Å². The molecule has 19 heavy (non-hydrogen) atoms. The minimum Gasteiger partial charge on any atom is -0.397 e. The number of nitrogens with two attached hydrogens (primary N) is 2. The molecular formula is C13H20N4OS. The maximum Gasteiger partial charge on any atom is 0.250 e. The van der Waals surface area contributed by atoms with Crippen molar-refractivity contribution >= 4 is 29.2 Å². The second-order valence-corrected chi connectivity index (χ2v) is 6.24. The van der Waals surface area contributed by atoms with Crippen molar-refractivity contribution in [3.05, 3.63) is 17.8 Å². The van der Waals surface area contributed by atoms with E-state index in [1.54, 1.807) is 6.07 Å². The highest BCUT2D eigenvalue weighted by atomic mass is 32.2. The van der Waals surface area contributed by atoms with Crippen LogP contribution in [0.5, 0.6) is 0 Å². The van der Waals surface area contributed by atoms with Gasteiger partial charge in [0.2, 0.25) is 0 Å². The fourth-order valence-corrected chi connectivity index (χ4v) is 3.41. The van der Waals surface area contributed by atoms with Crippen molar-refractivity contribution in [1.29, 1.82) is 0 Å². The number of pyridine rings is 1. The van der Waals surface area contributed by atoms with Crippen LogP contribution in [-0.2, 0) is 0 Å². The molecule has 1 aromatic heterocycles. The number of aromatic nitrogens is 1. The highest BCUT2D eigenvalue weighted by Crippen LogP contribution is 2.40. The molecule has 1 fully saturated rings. The van der Waals surface area contributed by atoms with Crippen molar-refractivity contribution in [2.45, 2.75) is 30.4 Å². The number of primary amides is 1. The maximum absolute atomic E-state index is 11.2. The van der Waals surface area contributed by atoms with E-state index in [0.717, 1.165) is 6.54 Å². The number of nitrogens with one attached hydrogen (secondary N) is 1. The Hall–Kier alpha value is -1.43. The number of carbonyl (C=O) groups is 1. The van der Waals surface area contributed by atoms with Crippen LogP contribution in [0.2, 0.25) is 0 Å². The molecule has 0 saturated heterocycles. The molecule has 104 valence electrons. The third-order valence-corrected chi connectivity index (χ3v) is 5.16. The molecule has 1 aliphatic carbocycles. The molecule has 0 bridgehead atoms. The van der Waals surface area contributed by atoms with Crippen LogP contribution >= 0.6 is 11.8 Å². The topological polar surface area (TPSA) is 94.0 Å². The van der Waals surface area contributed by atoms with Gasteiger partial charge in [-0.2, -0.15) is 11.8 Å². The Balaban J connectivity index is 2.07. The quantitative estimate of drug-likeness (QED) is 0.765. The largest absolute Gasteiger partial charge is 0.397 e.